The smallest absolute Gasteiger partial charge is 0.269 e. The van der Waals surface area contributed by atoms with Crippen LogP contribution in [-0.2, 0) is 11.4 Å². The number of nitro benzene ring substituents is 1. The number of carbonyl (C=O) groups is 1. The Kier molecular flexibility index (Phi) is 6.09. The van der Waals surface area contributed by atoms with E-state index in [2.05, 4.69) is 10.3 Å². The van der Waals surface area contributed by atoms with E-state index in [9.17, 15) is 14.9 Å². The van der Waals surface area contributed by atoms with Crippen LogP contribution < -0.4 is 10.1 Å². The molecule has 1 N–H and O–H groups in total. The van der Waals surface area contributed by atoms with Gasteiger partial charge < -0.3 is 10.1 Å². The number of benzene rings is 3. The third kappa shape index (κ3) is 5.37. The van der Waals surface area contributed by atoms with Crippen LogP contribution in [0.25, 0.3) is 6.08 Å². The Hall–Kier alpha value is -3.91. The Morgan fingerprint density at radius 3 is 2.55 bits per heavy atom. The summed E-state index contributed by atoms with van der Waals surface area (Å²) in [6, 6.07) is 23.0. The zero-order valence-electron chi connectivity index (χ0n) is 16.2. The fraction of sp³-hybridized carbons (Fsp3) is 0.0435. The minimum absolute atomic E-state index is 0.0416. The first-order chi connectivity index (χ1) is 15.1. The Morgan fingerprint density at radius 2 is 1.81 bits per heavy atom. The van der Waals surface area contributed by atoms with Gasteiger partial charge in [0.1, 0.15) is 12.4 Å². The van der Waals surface area contributed by atoms with Gasteiger partial charge in [-0.05, 0) is 65.4 Å². The first-order valence-electron chi connectivity index (χ1n) is 9.38. The standard InChI is InChI=1S/C23H17N3O4S/c27-22-21(31-23(25-22)24-18-6-2-1-3-7-18)14-17-5-4-8-20(13-17)30-15-16-9-11-19(12-10-16)26(28)29/h1-14H,15H2,(H,24,25,27)/b21-14-. The van der Waals surface area contributed by atoms with Crippen LogP contribution >= 0.6 is 11.8 Å². The molecule has 1 fully saturated rings. The fourth-order valence-corrected chi connectivity index (χ4v) is 3.67. The van der Waals surface area contributed by atoms with Crippen LogP contribution in [0.1, 0.15) is 11.1 Å². The van der Waals surface area contributed by atoms with Gasteiger partial charge in [-0.15, -0.1) is 0 Å². The van der Waals surface area contributed by atoms with E-state index >= 15 is 0 Å². The van der Waals surface area contributed by atoms with E-state index in [1.165, 1.54) is 23.9 Å². The highest BCUT2D eigenvalue weighted by Gasteiger charge is 2.23. The van der Waals surface area contributed by atoms with Crippen LogP contribution in [0.3, 0.4) is 0 Å². The zero-order valence-corrected chi connectivity index (χ0v) is 17.0. The van der Waals surface area contributed by atoms with E-state index < -0.39 is 4.92 Å². The number of nitrogens with zero attached hydrogens (tertiary/aromatic N) is 2. The molecule has 31 heavy (non-hydrogen) atoms. The topological polar surface area (TPSA) is 93.8 Å². The zero-order chi connectivity index (χ0) is 21.6. The predicted molar refractivity (Wildman–Crippen MR) is 121 cm³/mol. The summed E-state index contributed by atoms with van der Waals surface area (Å²) < 4.78 is 5.79. The third-order valence-electron chi connectivity index (χ3n) is 4.35. The molecule has 0 bridgehead atoms. The quantitative estimate of drug-likeness (QED) is 0.334. The lowest BCUT2D eigenvalue weighted by molar-refractivity contribution is -0.384. The average Bonchev–Trinajstić information content (AvgIpc) is 3.12. The predicted octanol–water partition coefficient (Wildman–Crippen LogP) is 5.07. The minimum Gasteiger partial charge on any atom is -0.489 e. The second-order valence-electron chi connectivity index (χ2n) is 6.60. The van der Waals surface area contributed by atoms with Gasteiger partial charge in [-0.3, -0.25) is 14.9 Å². The lowest BCUT2D eigenvalue weighted by Crippen LogP contribution is -2.19. The van der Waals surface area contributed by atoms with Gasteiger partial charge in [0.2, 0.25) is 0 Å². The van der Waals surface area contributed by atoms with Gasteiger partial charge >= 0.3 is 0 Å². The van der Waals surface area contributed by atoms with Crippen molar-refractivity contribution in [2.75, 3.05) is 0 Å². The Balaban J connectivity index is 1.43. The summed E-state index contributed by atoms with van der Waals surface area (Å²) in [6.07, 6.45) is 1.78. The molecule has 1 aliphatic rings. The van der Waals surface area contributed by atoms with E-state index in [0.717, 1.165) is 16.8 Å². The van der Waals surface area contributed by atoms with Crippen LogP contribution in [0.2, 0.25) is 0 Å². The van der Waals surface area contributed by atoms with Crippen LogP contribution in [0.15, 0.2) is 88.8 Å². The summed E-state index contributed by atoms with van der Waals surface area (Å²) in [5.41, 5.74) is 2.45. The molecule has 4 rings (SSSR count). The SMILES string of the molecule is O=C1NC(=Nc2ccccc2)S/C1=C\c1cccc(OCc2ccc([N+](=O)[O-])cc2)c1. The Labute approximate surface area is 182 Å². The molecule has 3 aromatic carbocycles. The summed E-state index contributed by atoms with van der Waals surface area (Å²) in [6.45, 7) is 0.279. The lowest BCUT2D eigenvalue weighted by Gasteiger charge is -2.07. The van der Waals surface area contributed by atoms with Gasteiger partial charge in [0.25, 0.3) is 11.6 Å². The van der Waals surface area contributed by atoms with Gasteiger partial charge in [-0.25, -0.2) is 4.99 Å². The van der Waals surface area contributed by atoms with Crippen molar-refractivity contribution >= 4 is 40.3 Å². The molecule has 0 spiro atoms. The second kappa shape index (κ2) is 9.27. The Morgan fingerprint density at radius 1 is 1.03 bits per heavy atom. The van der Waals surface area contributed by atoms with Crippen molar-refractivity contribution in [3.63, 3.8) is 0 Å². The summed E-state index contributed by atoms with van der Waals surface area (Å²) >= 11 is 1.28. The molecule has 0 radical (unpaired) electrons. The molecule has 0 atom stereocenters. The van der Waals surface area contributed by atoms with Crippen molar-refractivity contribution in [3.05, 3.63) is 105 Å². The van der Waals surface area contributed by atoms with E-state index in [4.69, 9.17) is 4.74 Å². The van der Waals surface area contributed by atoms with Crippen molar-refractivity contribution in [2.24, 2.45) is 4.99 Å². The van der Waals surface area contributed by atoms with E-state index in [-0.39, 0.29) is 18.2 Å². The maximum Gasteiger partial charge on any atom is 0.269 e. The number of thioether (sulfide) groups is 1. The summed E-state index contributed by atoms with van der Waals surface area (Å²) in [7, 11) is 0. The molecule has 3 aromatic rings. The van der Waals surface area contributed by atoms with E-state index in [1.807, 2.05) is 54.6 Å². The maximum absolute atomic E-state index is 12.3. The molecule has 1 saturated heterocycles. The van der Waals surface area contributed by atoms with Crippen molar-refractivity contribution in [1.29, 1.82) is 0 Å². The average molecular weight is 431 g/mol. The normalized spacial score (nSPS) is 15.8. The highest BCUT2D eigenvalue weighted by Crippen LogP contribution is 2.29. The van der Waals surface area contributed by atoms with E-state index in [1.54, 1.807) is 18.2 Å². The summed E-state index contributed by atoms with van der Waals surface area (Å²) in [5, 5.41) is 14.0. The first kappa shape index (κ1) is 20.4. The number of nitro groups is 1. The number of amides is 1. The third-order valence-corrected chi connectivity index (χ3v) is 5.26. The molecule has 154 valence electrons. The number of hydrogen-bond donors (Lipinski definition) is 1. The molecule has 1 heterocycles. The second-order valence-corrected chi connectivity index (χ2v) is 7.63. The molecule has 1 amide bonds. The van der Waals surface area contributed by atoms with Crippen molar-refractivity contribution in [1.82, 2.24) is 5.32 Å². The molecule has 0 aromatic heterocycles. The molecule has 0 saturated carbocycles. The Bertz CT molecular complexity index is 1170. The molecular weight excluding hydrogens is 414 g/mol. The maximum atomic E-state index is 12.3. The van der Waals surface area contributed by atoms with Crippen LogP contribution in [0, 0.1) is 10.1 Å². The highest BCUT2D eigenvalue weighted by molar-refractivity contribution is 8.18. The number of aliphatic imine (C=N–C) groups is 1. The van der Waals surface area contributed by atoms with Gasteiger partial charge in [-0.2, -0.15) is 0 Å². The van der Waals surface area contributed by atoms with Gasteiger partial charge in [-0.1, -0.05) is 30.3 Å². The largest absolute Gasteiger partial charge is 0.489 e. The number of nitrogens with one attached hydrogen (secondary N) is 1. The molecule has 0 unspecified atom stereocenters. The molecule has 0 aliphatic carbocycles. The number of ether oxygens (including phenoxy) is 1. The monoisotopic (exact) mass is 431 g/mol. The molecule has 8 heteroatoms. The van der Waals surface area contributed by atoms with E-state index in [0.29, 0.717) is 15.8 Å². The van der Waals surface area contributed by atoms with Crippen LogP contribution in [0.5, 0.6) is 5.75 Å². The van der Waals surface area contributed by atoms with Crippen LogP contribution in [0.4, 0.5) is 11.4 Å². The fourth-order valence-electron chi connectivity index (χ4n) is 2.83. The van der Waals surface area contributed by atoms with Crippen molar-refractivity contribution in [3.8, 4) is 5.75 Å². The number of carbonyl (C=O) groups excluding carboxylic acids is 1. The van der Waals surface area contributed by atoms with Gasteiger partial charge in [0.05, 0.1) is 15.5 Å². The number of non-ortho nitro benzene ring substituents is 1. The lowest BCUT2D eigenvalue weighted by atomic mass is 10.2. The van der Waals surface area contributed by atoms with Gasteiger partial charge in [0.15, 0.2) is 5.17 Å². The number of amidine groups is 1. The molecule has 1 aliphatic heterocycles. The molecule has 7 nitrogen and oxygen atoms in total. The first-order valence-corrected chi connectivity index (χ1v) is 10.2. The summed E-state index contributed by atoms with van der Waals surface area (Å²) in [5.74, 6) is 0.436. The van der Waals surface area contributed by atoms with Crippen LogP contribution in [-0.4, -0.2) is 16.0 Å². The minimum atomic E-state index is -0.436. The molecular formula is C23H17N3O4S. The number of para-hydroxylation sites is 1. The number of rotatable bonds is 6. The summed E-state index contributed by atoms with van der Waals surface area (Å²) in [4.78, 5) is 27.6. The van der Waals surface area contributed by atoms with Crippen molar-refractivity contribution in [2.45, 2.75) is 6.61 Å². The number of hydrogen-bond acceptors (Lipinski definition) is 6. The van der Waals surface area contributed by atoms with Crippen molar-refractivity contribution < 1.29 is 14.5 Å². The highest BCUT2D eigenvalue weighted by atomic mass is 32.2. The van der Waals surface area contributed by atoms with Gasteiger partial charge in [0, 0.05) is 12.1 Å².